The Morgan fingerprint density at radius 3 is 2.52 bits per heavy atom. The molecule has 7 nitrogen and oxygen atoms in total. The Balaban J connectivity index is 2.31. The average Bonchev–Trinajstić information content (AvgIpc) is 2.60. The van der Waals surface area contributed by atoms with Crippen LogP contribution >= 0.6 is 0 Å². The molecule has 1 aliphatic carbocycles. The van der Waals surface area contributed by atoms with Crippen molar-refractivity contribution in [1.82, 2.24) is 4.98 Å². The molecule has 0 aliphatic heterocycles. The van der Waals surface area contributed by atoms with E-state index in [-0.39, 0.29) is 22.6 Å². The maximum atomic E-state index is 12.7. The highest BCUT2D eigenvalue weighted by Gasteiger charge is 2.35. The Morgan fingerprint density at radius 2 is 1.87 bits per heavy atom. The molecule has 112 valence electrons. The van der Waals surface area contributed by atoms with E-state index in [1.54, 1.807) is 24.3 Å². The van der Waals surface area contributed by atoms with E-state index in [9.17, 15) is 9.59 Å². The summed E-state index contributed by atoms with van der Waals surface area (Å²) >= 11 is 0. The largest absolute Gasteiger partial charge is 0.492 e. The lowest BCUT2D eigenvalue weighted by molar-refractivity contribution is 0.0905. The quantitative estimate of drug-likeness (QED) is 0.492. The molecule has 7 heteroatoms. The molecule has 0 saturated heterocycles. The fourth-order valence-corrected chi connectivity index (χ4v) is 2.47. The number of azide groups is 1. The van der Waals surface area contributed by atoms with E-state index in [0.717, 1.165) is 0 Å². The Kier molecular flexibility index (Phi) is 3.62. The number of hydrogen-bond donors (Lipinski definition) is 0. The van der Waals surface area contributed by atoms with Crippen LogP contribution < -0.4 is 0 Å². The predicted molar refractivity (Wildman–Crippen MR) is 81.5 cm³/mol. The summed E-state index contributed by atoms with van der Waals surface area (Å²) in [5.41, 5.74) is 9.66. The molecule has 23 heavy (non-hydrogen) atoms. The summed E-state index contributed by atoms with van der Waals surface area (Å²) in [5.74, 6) is -1.35. The lowest BCUT2D eigenvalue weighted by Crippen LogP contribution is -2.23. The number of carbonyl (C=O) groups is 2. The molecule has 1 aromatic heterocycles. The number of aromatic nitrogens is 1. The number of Topliss-reactive ketones (excluding diaryl/α,β-unsaturated/α-hetero) is 2. The average molecular weight is 306 g/mol. The van der Waals surface area contributed by atoms with Crippen LogP contribution in [0.5, 0.6) is 0 Å². The van der Waals surface area contributed by atoms with Crippen LogP contribution in [0.3, 0.4) is 0 Å². The van der Waals surface area contributed by atoms with Crippen molar-refractivity contribution in [3.05, 3.63) is 75.6 Å². The van der Waals surface area contributed by atoms with E-state index in [4.69, 9.17) is 10.3 Å². The van der Waals surface area contributed by atoms with Gasteiger partial charge in [0.1, 0.15) is 5.70 Å². The highest BCUT2D eigenvalue weighted by atomic mass is 16.5. The Bertz CT molecular complexity index is 897. The van der Waals surface area contributed by atoms with Crippen LogP contribution in [0.4, 0.5) is 0 Å². The monoisotopic (exact) mass is 306 g/mol. The van der Waals surface area contributed by atoms with Crippen LogP contribution in [0.1, 0.15) is 20.7 Å². The standard InChI is InChI=1S/C16H10N4O3/c1-23-16-13(19-20-17)15(22)11-10(14(16)21)7-8-18-12(11)9-5-3-2-4-6-9/h2-8H,1H3. The van der Waals surface area contributed by atoms with E-state index >= 15 is 0 Å². The third-order valence-corrected chi connectivity index (χ3v) is 3.46. The van der Waals surface area contributed by atoms with Crippen molar-refractivity contribution in [3.8, 4) is 11.3 Å². The molecule has 1 heterocycles. The van der Waals surface area contributed by atoms with E-state index in [2.05, 4.69) is 15.0 Å². The van der Waals surface area contributed by atoms with Crippen LogP contribution in [-0.2, 0) is 4.74 Å². The van der Waals surface area contributed by atoms with Crippen LogP contribution in [0.15, 0.2) is 59.2 Å². The summed E-state index contributed by atoms with van der Waals surface area (Å²) in [6.07, 6.45) is 1.46. The van der Waals surface area contributed by atoms with E-state index < -0.39 is 11.6 Å². The highest BCUT2D eigenvalue weighted by molar-refractivity contribution is 6.27. The minimum absolute atomic E-state index is 0.118. The molecule has 2 aromatic rings. The number of benzene rings is 1. The zero-order valence-electron chi connectivity index (χ0n) is 12.1. The van der Waals surface area contributed by atoms with Crippen molar-refractivity contribution in [1.29, 1.82) is 0 Å². The molecule has 0 saturated carbocycles. The van der Waals surface area contributed by atoms with Gasteiger partial charge < -0.3 is 4.74 Å². The number of nitrogens with zero attached hydrogens (tertiary/aromatic N) is 4. The summed E-state index contributed by atoms with van der Waals surface area (Å²) < 4.78 is 4.97. The predicted octanol–water partition coefficient (Wildman–Crippen LogP) is 3.30. The second-order valence-electron chi connectivity index (χ2n) is 4.68. The molecule has 1 aliphatic rings. The first-order valence-electron chi connectivity index (χ1n) is 6.66. The van der Waals surface area contributed by atoms with Gasteiger partial charge in [-0.05, 0) is 11.6 Å². The Morgan fingerprint density at radius 1 is 1.13 bits per heavy atom. The van der Waals surface area contributed by atoms with Gasteiger partial charge in [0.15, 0.2) is 5.76 Å². The van der Waals surface area contributed by atoms with E-state index in [1.807, 2.05) is 6.07 Å². The van der Waals surface area contributed by atoms with E-state index in [0.29, 0.717) is 11.3 Å². The van der Waals surface area contributed by atoms with Crippen molar-refractivity contribution in [3.63, 3.8) is 0 Å². The zero-order chi connectivity index (χ0) is 16.4. The second kappa shape index (κ2) is 5.75. The van der Waals surface area contributed by atoms with Gasteiger partial charge in [-0.25, -0.2) is 0 Å². The first kappa shape index (κ1) is 14.5. The van der Waals surface area contributed by atoms with Crippen molar-refractivity contribution >= 4 is 11.6 Å². The van der Waals surface area contributed by atoms with Gasteiger partial charge in [0, 0.05) is 22.2 Å². The molecule has 0 fully saturated rings. The summed E-state index contributed by atoms with van der Waals surface area (Å²) in [6, 6.07) is 10.5. The zero-order valence-corrected chi connectivity index (χ0v) is 12.1. The number of fused-ring (bicyclic) bond motifs is 1. The van der Waals surface area contributed by atoms with Crippen LogP contribution in [0, 0.1) is 0 Å². The summed E-state index contributed by atoms with van der Waals surface area (Å²) in [7, 11) is 1.25. The molecule has 0 radical (unpaired) electrons. The number of allylic oxidation sites excluding steroid dienone is 2. The summed E-state index contributed by atoms with van der Waals surface area (Å²) in [6.45, 7) is 0. The molecular formula is C16H10N4O3. The van der Waals surface area contributed by atoms with Crippen LogP contribution in [0.2, 0.25) is 0 Å². The molecule has 0 unspecified atom stereocenters. The summed E-state index contributed by atoms with van der Waals surface area (Å²) in [5, 5.41) is 3.34. The minimum Gasteiger partial charge on any atom is -0.492 e. The molecular weight excluding hydrogens is 296 g/mol. The molecule has 0 spiro atoms. The van der Waals surface area contributed by atoms with Gasteiger partial charge in [0.25, 0.3) is 0 Å². The van der Waals surface area contributed by atoms with Gasteiger partial charge in [-0.2, -0.15) is 0 Å². The Hall–Kier alpha value is -3.44. The fraction of sp³-hybridized carbons (Fsp3) is 0.0625. The summed E-state index contributed by atoms with van der Waals surface area (Å²) in [4.78, 5) is 32.1. The maximum Gasteiger partial charge on any atom is 0.229 e. The number of pyridine rings is 1. The Labute approximate surface area is 130 Å². The van der Waals surface area contributed by atoms with Gasteiger partial charge in [0.2, 0.25) is 11.6 Å². The molecule has 0 bridgehead atoms. The third kappa shape index (κ3) is 2.25. The lowest BCUT2D eigenvalue weighted by Gasteiger charge is -2.19. The molecule has 3 rings (SSSR count). The second-order valence-corrected chi connectivity index (χ2v) is 4.68. The number of ether oxygens (including phenoxy) is 1. The smallest absolute Gasteiger partial charge is 0.229 e. The van der Waals surface area contributed by atoms with Gasteiger partial charge in [0.05, 0.1) is 18.4 Å². The third-order valence-electron chi connectivity index (χ3n) is 3.46. The minimum atomic E-state index is -0.582. The van der Waals surface area contributed by atoms with Crippen molar-refractivity contribution in [2.75, 3.05) is 7.11 Å². The number of hydrogen-bond acceptors (Lipinski definition) is 5. The van der Waals surface area contributed by atoms with E-state index in [1.165, 1.54) is 19.4 Å². The first-order chi connectivity index (χ1) is 11.2. The van der Waals surface area contributed by atoms with Crippen molar-refractivity contribution in [2.45, 2.75) is 0 Å². The highest BCUT2D eigenvalue weighted by Crippen LogP contribution is 2.33. The van der Waals surface area contributed by atoms with Crippen molar-refractivity contribution < 1.29 is 14.3 Å². The maximum absolute atomic E-state index is 12.7. The number of ketones is 2. The van der Waals surface area contributed by atoms with Crippen molar-refractivity contribution in [2.24, 2.45) is 5.11 Å². The topological polar surface area (TPSA) is 105 Å². The molecule has 0 atom stereocenters. The number of rotatable bonds is 3. The van der Waals surface area contributed by atoms with Gasteiger partial charge in [-0.3, -0.25) is 14.6 Å². The van der Waals surface area contributed by atoms with Gasteiger partial charge >= 0.3 is 0 Å². The van der Waals surface area contributed by atoms with Crippen LogP contribution in [-0.4, -0.2) is 23.7 Å². The molecule has 0 amide bonds. The van der Waals surface area contributed by atoms with Gasteiger partial charge in [-0.1, -0.05) is 35.4 Å². The molecule has 1 aromatic carbocycles. The van der Waals surface area contributed by atoms with Crippen LogP contribution in [0.25, 0.3) is 21.7 Å². The fourth-order valence-electron chi connectivity index (χ4n) is 2.47. The number of carbonyl (C=O) groups excluding carboxylic acids is 2. The first-order valence-corrected chi connectivity index (χ1v) is 6.66. The molecule has 0 N–H and O–H groups in total. The SMILES string of the molecule is COC1=C(N=[N+]=[N-])C(=O)c2c(ccnc2-c2ccccc2)C1=O. The van der Waals surface area contributed by atoms with Gasteiger partial charge in [-0.15, -0.1) is 0 Å². The normalized spacial score (nSPS) is 13.4. The number of methoxy groups -OCH3 is 1. The lowest BCUT2D eigenvalue weighted by atomic mass is 9.88.